The van der Waals surface area contributed by atoms with Gasteiger partial charge in [-0.05, 0) is 61.1 Å². The van der Waals surface area contributed by atoms with E-state index in [4.69, 9.17) is 0 Å². The van der Waals surface area contributed by atoms with Gasteiger partial charge in [0.15, 0.2) is 0 Å². The Labute approximate surface area is 114 Å². The Morgan fingerprint density at radius 2 is 1.74 bits per heavy atom. The van der Waals surface area contributed by atoms with Gasteiger partial charge in [0.2, 0.25) is 0 Å². The number of fused-ring (bicyclic) bond motifs is 1. The van der Waals surface area contributed by atoms with Crippen molar-refractivity contribution in [3.05, 3.63) is 34.9 Å². The van der Waals surface area contributed by atoms with E-state index in [1.54, 1.807) is 0 Å². The summed E-state index contributed by atoms with van der Waals surface area (Å²) < 4.78 is 0. The summed E-state index contributed by atoms with van der Waals surface area (Å²) in [6, 6.07) is 6.74. The van der Waals surface area contributed by atoms with Crippen LogP contribution in [-0.2, 0) is 17.6 Å². The molecule has 0 amide bonds. The predicted molar refractivity (Wildman–Crippen MR) is 75.4 cm³/mol. The molecule has 0 bridgehead atoms. The lowest BCUT2D eigenvalue weighted by atomic mass is 9.74. The minimum atomic E-state index is -0.609. The normalized spacial score (nSPS) is 26.7. The third-order valence-electron chi connectivity index (χ3n) is 4.88. The van der Waals surface area contributed by atoms with Gasteiger partial charge in [0.05, 0.1) is 5.92 Å². The molecule has 0 aromatic heterocycles. The highest BCUT2D eigenvalue weighted by atomic mass is 16.4. The van der Waals surface area contributed by atoms with Crippen molar-refractivity contribution in [3.63, 3.8) is 0 Å². The molecule has 2 nitrogen and oxygen atoms in total. The second-order valence-corrected chi connectivity index (χ2v) is 6.07. The highest BCUT2D eigenvalue weighted by Gasteiger charge is 2.32. The van der Waals surface area contributed by atoms with Crippen LogP contribution < -0.4 is 0 Å². The van der Waals surface area contributed by atoms with Gasteiger partial charge in [-0.3, -0.25) is 4.79 Å². The summed E-state index contributed by atoms with van der Waals surface area (Å²) >= 11 is 0. The molecular formula is C17H22O2. The minimum absolute atomic E-state index is 0.171. The van der Waals surface area contributed by atoms with Crippen LogP contribution in [0.5, 0.6) is 0 Å². The van der Waals surface area contributed by atoms with E-state index in [-0.39, 0.29) is 11.8 Å². The molecule has 2 heteroatoms. The largest absolute Gasteiger partial charge is 0.481 e. The maximum absolute atomic E-state index is 11.4. The SMILES string of the molecule is O=C(O)C1CCCCC1c1ccc2c(c1)CCCC2. The Morgan fingerprint density at radius 1 is 1.00 bits per heavy atom. The maximum Gasteiger partial charge on any atom is 0.307 e. The van der Waals surface area contributed by atoms with Gasteiger partial charge in [0.1, 0.15) is 0 Å². The highest BCUT2D eigenvalue weighted by molar-refractivity contribution is 5.71. The van der Waals surface area contributed by atoms with Crippen LogP contribution in [0.25, 0.3) is 0 Å². The van der Waals surface area contributed by atoms with Crippen LogP contribution in [0.3, 0.4) is 0 Å². The standard InChI is InChI=1S/C17H22O2/c18-17(19)16-8-4-3-7-15(16)14-10-9-12-5-1-2-6-13(12)11-14/h9-11,15-16H,1-8H2,(H,18,19). The molecule has 0 spiro atoms. The van der Waals surface area contributed by atoms with Gasteiger partial charge in [-0.2, -0.15) is 0 Å². The average molecular weight is 258 g/mol. The van der Waals surface area contributed by atoms with E-state index >= 15 is 0 Å². The second-order valence-electron chi connectivity index (χ2n) is 6.07. The number of rotatable bonds is 2. The lowest BCUT2D eigenvalue weighted by Crippen LogP contribution is -2.25. The zero-order valence-corrected chi connectivity index (χ0v) is 11.4. The van der Waals surface area contributed by atoms with E-state index < -0.39 is 5.97 Å². The summed E-state index contributed by atoms with van der Waals surface area (Å²) in [6.07, 6.45) is 9.07. The lowest BCUT2D eigenvalue weighted by Gasteiger charge is -2.30. The molecule has 1 aromatic rings. The number of hydrogen-bond donors (Lipinski definition) is 1. The lowest BCUT2D eigenvalue weighted by molar-refractivity contribution is -0.143. The molecule has 2 aliphatic rings. The number of aliphatic carboxylic acids is 1. The van der Waals surface area contributed by atoms with Crippen molar-refractivity contribution in [3.8, 4) is 0 Å². The van der Waals surface area contributed by atoms with Crippen LogP contribution >= 0.6 is 0 Å². The number of aryl methyl sites for hydroxylation is 2. The molecule has 0 saturated heterocycles. The van der Waals surface area contributed by atoms with E-state index in [1.807, 2.05) is 0 Å². The molecule has 0 aliphatic heterocycles. The molecule has 2 unspecified atom stereocenters. The zero-order chi connectivity index (χ0) is 13.2. The van der Waals surface area contributed by atoms with E-state index in [9.17, 15) is 9.90 Å². The summed E-state index contributed by atoms with van der Waals surface area (Å²) in [5.74, 6) is -0.545. The van der Waals surface area contributed by atoms with E-state index in [2.05, 4.69) is 18.2 Å². The summed E-state index contributed by atoms with van der Waals surface area (Å²) in [5, 5.41) is 9.41. The topological polar surface area (TPSA) is 37.3 Å². The minimum Gasteiger partial charge on any atom is -0.481 e. The average Bonchev–Trinajstić information content (AvgIpc) is 2.46. The molecular weight excluding hydrogens is 236 g/mol. The first-order valence-electron chi connectivity index (χ1n) is 7.60. The molecule has 102 valence electrons. The summed E-state index contributed by atoms with van der Waals surface area (Å²) in [4.78, 5) is 11.4. The van der Waals surface area contributed by atoms with Crippen LogP contribution in [0.1, 0.15) is 61.1 Å². The first-order chi connectivity index (χ1) is 9.25. The van der Waals surface area contributed by atoms with Gasteiger partial charge in [0, 0.05) is 0 Å². The Morgan fingerprint density at radius 3 is 2.53 bits per heavy atom. The Kier molecular flexibility index (Phi) is 3.58. The van der Waals surface area contributed by atoms with Crippen LogP contribution in [0, 0.1) is 5.92 Å². The Balaban J connectivity index is 1.89. The molecule has 1 fully saturated rings. The first kappa shape index (κ1) is 12.7. The van der Waals surface area contributed by atoms with Gasteiger partial charge < -0.3 is 5.11 Å². The fourth-order valence-electron chi connectivity index (χ4n) is 3.81. The van der Waals surface area contributed by atoms with Crippen molar-refractivity contribution in [2.75, 3.05) is 0 Å². The fourth-order valence-corrected chi connectivity index (χ4v) is 3.81. The molecule has 19 heavy (non-hydrogen) atoms. The van der Waals surface area contributed by atoms with E-state index in [0.717, 1.165) is 19.3 Å². The van der Waals surface area contributed by atoms with Crippen molar-refractivity contribution in [1.29, 1.82) is 0 Å². The molecule has 1 aromatic carbocycles. The highest BCUT2D eigenvalue weighted by Crippen LogP contribution is 2.39. The zero-order valence-electron chi connectivity index (χ0n) is 11.4. The van der Waals surface area contributed by atoms with Gasteiger partial charge in [0.25, 0.3) is 0 Å². The third-order valence-corrected chi connectivity index (χ3v) is 4.88. The Hall–Kier alpha value is -1.31. The summed E-state index contributed by atoms with van der Waals surface area (Å²) in [6.45, 7) is 0. The van der Waals surface area contributed by atoms with E-state index in [0.29, 0.717) is 0 Å². The van der Waals surface area contributed by atoms with Gasteiger partial charge in [-0.25, -0.2) is 0 Å². The third kappa shape index (κ3) is 2.54. The van der Waals surface area contributed by atoms with Crippen LogP contribution in [0.15, 0.2) is 18.2 Å². The molecule has 1 saturated carbocycles. The number of benzene rings is 1. The molecule has 2 atom stereocenters. The predicted octanol–water partition coefficient (Wildman–Crippen LogP) is 3.92. The van der Waals surface area contributed by atoms with Crippen molar-refractivity contribution in [2.24, 2.45) is 5.92 Å². The van der Waals surface area contributed by atoms with Gasteiger partial charge >= 0.3 is 5.97 Å². The van der Waals surface area contributed by atoms with Crippen molar-refractivity contribution in [1.82, 2.24) is 0 Å². The quantitative estimate of drug-likeness (QED) is 0.872. The monoisotopic (exact) mass is 258 g/mol. The molecule has 3 rings (SSSR count). The molecule has 2 aliphatic carbocycles. The number of carbonyl (C=O) groups is 1. The summed E-state index contributed by atoms with van der Waals surface area (Å²) in [7, 11) is 0. The second kappa shape index (κ2) is 5.36. The van der Waals surface area contributed by atoms with Gasteiger partial charge in [-0.15, -0.1) is 0 Å². The van der Waals surface area contributed by atoms with Crippen LogP contribution in [-0.4, -0.2) is 11.1 Å². The number of hydrogen-bond acceptors (Lipinski definition) is 1. The van der Waals surface area contributed by atoms with Crippen molar-refractivity contribution in [2.45, 2.75) is 57.3 Å². The number of carboxylic acids is 1. The maximum atomic E-state index is 11.4. The summed E-state index contributed by atoms with van der Waals surface area (Å²) in [5.41, 5.74) is 4.23. The number of carboxylic acid groups (broad SMARTS) is 1. The smallest absolute Gasteiger partial charge is 0.307 e. The van der Waals surface area contributed by atoms with Crippen LogP contribution in [0.4, 0.5) is 0 Å². The van der Waals surface area contributed by atoms with Gasteiger partial charge in [-0.1, -0.05) is 31.0 Å². The Bertz CT molecular complexity index is 478. The van der Waals surface area contributed by atoms with E-state index in [1.165, 1.54) is 48.8 Å². The molecule has 1 N–H and O–H groups in total. The van der Waals surface area contributed by atoms with Crippen LogP contribution in [0.2, 0.25) is 0 Å². The fraction of sp³-hybridized carbons (Fsp3) is 0.588. The molecule has 0 radical (unpaired) electrons. The first-order valence-corrected chi connectivity index (χ1v) is 7.60. The van der Waals surface area contributed by atoms with Crippen molar-refractivity contribution >= 4 is 5.97 Å². The molecule has 0 heterocycles. The van der Waals surface area contributed by atoms with Crippen molar-refractivity contribution < 1.29 is 9.90 Å².